The molecule has 8 heteroatoms. The Morgan fingerprint density at radius 3 is 2.59 bits per heavy atom. The van der Waals surface area contributed by atoms with Crippen LogP contribution in [0.15, 0.2) is 73.2 Å². The van der Waals surface area contributed by atoms with Gasteiger partial charge < -0.3 is 5.32 Å². The molecule has 0 radical (unpaired) electrons. The predicted molar refractivity (Wildman–Crippen MR) is 119 cm³/mol. The Labute approximate surface area is 183 Å². The molecule has 6 rings (SSSR count). The van der Waals surface area contributed by atoms with Gasteiger partial charge in [-0.05, 0) is 49.2 Å². The number of hydrogen-bond donors (Lipinski definition) is 1. The van der Waals surface area contributed by atoms with E-state index < -0.39 is 0 Å². The van der Waals surface area contributed by atoms with E-state index in [0.717, 1.165) is 41.2 Å². The first-order chi connectivity index (χ1) is 15.8. The zero-order valence-electron chi connectivity index (χ0n) is 17.2. The van der Waals surface area contributed by atoms with Gasteiger partial charge in [0.15, 0.2) is 5.82 Å². The molecule has 1 N–H and O–H groups in total. The van der Waals surface area contributed by atoms with Crippen LogP contribution in [0.3, 0.4) is 0 Å². The predicted octanol–water partition coefficient (Wildman–Crippen LogP) is 4.61. The number of hydrogen-bond acceptors (Lipinski definition) is 5. The lowest BCUT2D eigenvalue weighted by molar-refractivity contribution is 0.628. The Morgan fingerprint density at radius 2 is 1.81 bits per heavy atom. The lowest BCUT2D eigenvalue weighted by atomic mass is 10.1. The number of nitrogens with one attached hydrogen (secondary N) is 1. The normalized spacial score (nSPS) is 13.5. The number of para-hydroxylation sites is 1. The van der Waals surface area contributed by atoms with Crippen molar-refractivity contribution in [1.29, 1.82) is 0 Å². The van der Waals surface area contributed by atoms with Crippen LogP contribution in [0.5, 0.6) is 0 Å². The first-order valence-electron chi connectivity index (χ1n) is 10.6. The van der Waals surface area contributed by atoms with E-state index in [2.05, 4.69) is 20.5 Å². The summed E-state index contributed by atoms with van der Waals surface area (Å²) in [5.41, 5.74) is 4.27. The van der Waals surface area contributed by atoms with Crippen LogP contribution in [-0.2, 0) is 6.54 Å². The lowest BCUT2D eigenvalue weighted by Crippen LogP contribution is -2.04. The number of nitrogens with zero attached hydrogens (tertiary/aromatic N) is 6. The summed E-state index contributed by atoms with van der Waals surface area (Å²) >= 11 is 0. The summed E-state index contributed by atoms with van der Waals surface area (Å²) in [6.07, 6.45) is 7.97. The molecule has 3 heterocycles. The van der Waals surface area contributed by atoms with Crippen LogP contribution >= 0.6 is 0 Å². The molecule has 7 nitrogen and oxygen atoms in total. The molecule has 1 saturated carbocycles. The molecule has 158 valence electrons. The van der Waals surface area contributed by atoms with Crippen molar-refractivity contribution in [1.82, 2.24) is 29.4 Å². The van der Waals surface area contributed by atoms with E-state index in [1.165, 1.54) is 12.1 Å². The minimum atomic E-state index is -0.273. The van der Waals surface area contributed by atoms with Gasteiger partial charge in [0.1, 0.15) is 11.6 Å². The highest BCUT2D eigenvalue weighted by Crippen LogP contribution is 2.39. The minimum absolute atomic E-state index is 0.273. The largest absolute Gasteiger partial charge is 0.363 e. The van der Waals surface area contributed by atoms with Gasteiger partial charge in [0.25, 0.3) is 0 Å². The van der Waals surface area contributed by atoms with Crippen LogP contribution in [0.25, 0.3) is 22.6 Å². The minimum Gasteiger partial charge on any atom is -0.363 e. The Morgan fingerprint density at radius 1 is 1.00 bits per heavy atom. The van der Waals surface area contributed by atoms with Gasteiger partial charge in [-0.2, -0.15) is 5.10 Å². The van der Waals surface area contributed by atoms with Gasteiger partial charge in [0.05, 0.1) is 11.4 Å². The molecular weight excluding hydrogens is 405 g/mol. The molecule has 0 saturated heterocycles. The summed E-state index contributed by atoms with van der Waals surface area (Å²) in [5.74, 6) is 1.89. The van der Waals surface area contributed by atoms with E-state index in [0.29, 0.717) is 23.9 Å². The summed E-state index contributed by atoms with van der Waals surface area (Å²) in [6, 6.07) is 16.3. The van der Waals surface area contributed by atoms with Crippen molar-refractivity contribution in [2.75, 3.05) is 5.32 Å². The average molecular weight is 425 g/mol. The fourth-order valence-corrected chi connectivity index (χ4v) is 3.87. The summed E-state index contributed by atoms with van der Waals surface area (Å²) in [5, 5.41) is 16.9. The molecule has 0 bridgehead atoms. The molecule has 0 unspecified atom stereocenters. The second kappa shape index (κ2) is 7.56. The van der Waals surface area contributed by atoms with Crippen molar-refractivity contribution in [3.63, 3.8) is 0 Å². The van der Waals surface area contributed by atoms with Gasteiger partial charge >= 0.3 is 0 Å². The van der Waals surface area contributed by atoms with Crippen LogP contribution in [0.4, 0.5) is 10.2 Å². The van der Waals surface area contributed by atoms with Crippen molar-refractivity contribution >= 4 is 11.5 Å². The highest BCUT2D eigenvalue weighted by Gasteiger charge is 2.29. The average Bonchev–Trinajstić information content (AvgIpc) is 3.43. The second-order valence-corrected chi connectivity index (χ2v) is 7.95. The van der Waals surface area contributed by atoms with Crippen LogP contribution in [-0.4, -0.2) is 29.4 Å². The SMILES string of the molecule is Fc1ccc(-c2nn(-c3ccccc3)cc2CNc2nccn3c(C4CC4)nnc23)cc1. The third-order valence-electron chi connectivity index (χ3n) is 5.67. The summed E-state index contributed by atoms with van der Waals surface area (Å²) in [7, 11) is 0. The molecule has 0 amide bonds. The number of rotatable bonds is 6. The van der Waals surface area contributed by atoms with Gasteiger partial charge in [-0.1, -0.05) is 18.2 Å². The van der Waals surface area contributed by atoms with Gasteiger partial charge in [0, 0.05) is 42.2 Å². The number of benzene rings is 2. The maximum Gasteiger partial charge on any atom is 0.203 e. The molecular formula is C24H20FN7. The van der Waals surface area contributed by atoms with Crippen molar-refractivity contribution in [3.05, 3.63) is 90.4 Å². The molecule has 3 aromatic heterocycles. The lowest BCUT2D eigenvalue weighted by Gasteiger charge is -2.07. The summed E-state index contributed by atoms with van der Waals surface area (Å²) in [6.45, 7) is 0.484. The van der Waals surface area contributed by atoms with Crippen molar-refractivity contribution in [3.8, 4) is 16.9 Å². The molecule has 32 heavy (non-hydrogen) atoms. The van der Waals surface area contributed by atoms with Crippen molar-refractivity contribution in [2.45, 2.75) is 25.3 Å². The van der Waals surface area contributed by atoms with E-state index in [1.807, 2.05) is 51.8 Å². The van der Waals surface area contributed by atoms with Crippen molar-refractivity contribution in [2.24, 2.45) is 0 Å². The zero-order valence-corrected chi connectivity index (χ0v) is 17.2. The number of anilines is 1. The first-order valence-corrected chi connectivity index (χ1v) is 10.6. The molecule has 1 aliphatic carbocycles. The van der Waals surface area contributed by atoms with Crippen LogP contribution in [0.2, 0.25) is 0 Å². The van der Waals surface area contributed by atoms with Gasteiger partial charge in [-0.3, -0.25) is 4.40 Å². The van der Waals surface area contributed by atoms with Crippen LogP contribution < -0.4 is 5.32 Å². The smallest absolute Gasteiger partial charge is 0.203 e. The Kier molecular flexibility index (Phi) is 4.41. The highest BCUT2D eigenvalue weighted by atomic mass is 19.1. The van der Waals surface area contributed by atoms with Crippen LogP contribution in [0, 0.1) is 5.82 Å². The zero-order chi connectivity index (χ0) is 21.5. The molecule has 5 aromatic rings. The van der Waals surface area contributed by atoms with E-state index >= 15 is 0 Å². The molecule has 1 aliphatic rings. The Bertz CT molecular complexity index is 1390. The summed E-state index contributed by atoms with van der Waals surface area (Å²) in [4.78, 5) is 4.48. The molecule has 1 fully saturated rings. The molecule has 0 atom stereocenters. The molecule has 0 spiro atoms. The van der Waals surface area contributed by atoms with Crippen LogP contribution in [0.1, 0.15) is 30.1 Å². The number of fused-ring (bicyclic) bond motifs is 1. The van der Waals surface area contributed by atoms with Gasteiger partial charge in [0.2, 0.25) is 5.65 Å². The van der Waals surface area contributed by atoms with Crippen molar-refractivity contribution < 1.29 is 4.39 Å². The molecule has 2 aromatic carbocycles. The van der Waals surface area contributed by atoms with Gasteiger partial charge in [-0.25, -0.2) is 14.1 Å². The number of halogens is 1. The second-order valence-electron chi connectivity index (χ2n) is 7.95. The highest BCUT2D eigenvalue weighted by molar-refractivity contribution is 5.66. The van der Waals surface area contributed by atoms with Gasteiger partial charge in [-0.15, -0.1) is 10.2 Å². The third-order valence-corrected chi connectivity index (χ3v) is 5.67. The summed E-state index contributed by atoms with van der Waals surface area (Å²) < 4.78 is 17.3. The van der Waals surface area contributed by atoms with E-state index in [1.54, 1.807) is 18.3 Å². The maximum absolute atomic E-state index is 13.5. The quantitative estimate of drug-likeness (QED) is 0.430. The van der Waals surface area contributed by atoms with E-state index in [9.17, 15) is 4.39 Å². The third kappa shape index (κ3) is 3.39. The fourth-order valence-electron chi connectivity index (χ4n) is 3.87. The maximum atomic E-state index is 13.5. The fraction of sp³-hybridized carbons (Fsp3) is 0.167. The molecule has 0 aliphatic heterocycles. The first kappa shape index (κ1) is 18.7. The monoisotopic (exact) mass is 425 g/mol. The standard InChI is InChI=1S/C24H20FN7/c25-19-10-8-16(9-11-19)21-18(15-32(30-21)20-4-2-1-3-5-20)14-27-22-24-29-28-23(17-6-7-17)31(24)13-12-26-22/h1-5,8-13,15,17H,6-7,14H2,(H,26,27). The van der Waals surface area contributed by atoms with E-state index in [4.69, 9.17) is 5.10 Å². The van der Waals surface area contributed by atoms with E-state index in [-0.39, 0.29) is 5.82 Å². The Hall–Kier alpha value is -4.07. The topological polar surface area (TPSA) is 72.9 Å². The Balaban J connectivity index is 1.35. The number of aromatic nitrogens is 6.